The first kappa shape index (κ1) is 19.4. The fraction of sp³-hybridized carbons (Fsp3) is 0.381. The Morgan fingerprint density at radius 3 is 2.56 bits per heavy atom. The molecule has 1 fully saturated rings. The first-order chi connectivity index (χ1) is 12.7. The molecule has 0 saturated carbocycles. The Balaban J connectivity index is 2.10. The number of hydrogen-bond donors (Lipinski definition) is 1. The molecule has 2 N–H and O–H groups in total. The van der Waals surface area contributed by atoms with Gasteiger partial charge in [0.05, 0.1) is 24.6 Å². The molecule has 0 atom stereocenters. The number of anilines is 2. The average Bonchev–Trinajstić information content (AvgIpc) is 2.63. The second-order valence-corrected chi connectivity index (χ2v) is 12.6. The van der Waals surface area contributed by atoms with Crippen molar-refractivity contribution < 1.29 is 9.13 Å². The van der Waals surface area contributed by atoms with Crippen molar-refractivity contribution in [3.63, 3.8) is 0 Å². The van der Waals surface area contributed by atoms with Gasteiger partial charge in [-0.25, -0.2) is 9.37 Å². The fourth-order valence-electron chi connectivity index (χ4n) is 2.99. The topological polar surface area (TPSA) is 51.4 Å². The Morgan fingerprint density at radius 1 is 1.19 bits per heavy atom. The summed E-state index contributed by atoms with van der Waals surface area (Å²) in [7, 11) is -1.52. The molecular weight excluding hydrogens is 357 g/mol. The Morgan fingerprint density at radius 2 is 1.89 bits per heavy atom. The van der Waals surface area contributed by atoms with Gasteiger partial charge in [0.25, 0.3) is 0 Å². The lowest BCUT2D eigenvalue weighted by atomic mass is 10.00. The van der Waals surface area contributed by atoms with E-state index in [2.05, 4.69) is 47.1 Å². The normalized spacial score (nSPS) is 14.6. The highest BCUT2D eigenvalue weighted by Crippen LogP contribution is 2.31. The fourth-order valence-corrected chi connectivity index (χ4v) is 3.48. The number of nitrogen functional groups attached to an aromatic ring is 1. The number of benzene rings is 1. The highest BCUT2D eigenvalue weighted by molar-refractivity contribution is 6.83. The number of aryl methyl sites for hydroxylation is 1. The molecule has 6 heteroatoms. The van der Waals surface area contributed by atoms with E-state index in [-0.39, 0.29) is 5.69 Å². The minimum Gasteiger partial charge on any atom is -0.396 e. The molecule has 0 amide bonds. The van der Waals surface area contributed by atoms with Crippen LogP contribution in [0.3, 0.4) is 0 Å². The Bertz CT molecular complexity index is 906. The number of hydrogen-bond acceptors (Lipinski definition) is 4. The third-order valence-electron chi connectivity index (χ3n) is 4.43. The van der Waals surface area contributed by atoms with Gasteiger partial charge in [0, 0.05) is 24.8 Å². The molecule has 2 heterocycles. The van der Waals surface area contributed by atoms with Crippen molar-refractivity contribution in [3.8, 4) is 22.6 Å². The van der Waals surface area contributed by atoms with Crippen LogP contribution in [0.4, 0.5) is 15.8 Å². The molecular formula is C21H26FN3OSi. The van der Waals surface area contributed by atoms with Crippen LogP contribution in [0, 0.1) is 24.2 Å². The number of aromatic nitrogens is 1. The largest absolute Gasteiger partial charge is 0.396 e. The van der Waals surface area contributed by atoms with Gasteiger partial charge in [-0.05, 0) is 36.2 Å². The van der Waals surface area contributed by atoms with Crippen LogP contribution >= 0.6 is 0 Å². The molecule has 3 rings (SSSR count). The van der Waals surface area contributed by atoms with E-state index in [0.29, 0.717) is 13.2 Å². The predicted octanol–water partition coefficient (Wildman–Crippen LogP) is 3.84. The molecule has 1 aliphatic heterocycles. The molecule has 2 aromatic rings. The molecule has 4 nitrogen and oxygen atoms in total. The molecule has 1 aromatic heterocycles. The summed E-state index contributed by atoms with van der Waals surface area (Å²) in [5.41, 5.74) is 13.8. The van der Waals surface area contributed by atoms with Crippen LogP contribution in [0.1, 0.15) is 11.3 Å². The molecule has 142 valence electrons. The van der Waals surface area contributed by atoms with Gasteiger partial charge in [-0.15, -0.1) is 5.54 Å². The van der Waals surface area contributed by atoms with Gasteiger partial charge in [0.1, 0.15) is 19.6 Å². The lowest BCUT2D eigenvalue weighted by Gasteiger charge is -2.29. The van der Waals surface area contributed by atoms with E-state index in [1.54, 1.807) is 12.3 Å². The zero-order chi connectivity index (χ0) is 19.6. The second kappa shape index (κ2) is 7.71. The smallest absolute Gasteiger partial charge is 0.146 e. The van der Waals surface area contributed by atoms with Crippen LogP contribution in [-0.4, -0.2) is 39.4 Å². The molecule has 27 heavy (non-hydrogen) atoms. The Labute approximate surface area is 161 Å². The molecule has 0 bridgehead atoms. The number of morpholine rings is 1. The quantitative estimate of drug-likeness (QED) is 0.486. The summed E-state index contributed by atoms with van der Waals surface area (Å²) in [5.74, 6) is 2.90. The zero-order valence-corrected chi connectivity index (χ0v) is 17.4. The monoisotopic (exact) mass is 383 g/mol. The van der Waals surface area contributed by atoms with Gasteiger partial charge >= 0.3 is 0 Å². The summed E-state index contributed by atoms with van der Waals surface area (Å²) in [6.45, 7) is 11.5. The maximum absolute atomic E-state index is 13.7. The molecule has 0 spiro atoms. The van der Waals surface area contributed by atoms with Gasteiger partial charge in [0.2, 0.25) is 0 Å². The first-order valence-electron chi connectivity index (χ1n) is 9.16. The van der Waals surface area contributed by atoms with Crippen molar-refractivity contribution >= 4 is 19.4 Å². The van der Waals surface area contributed by atoms with Gasteiger partial charge in [-0.2, -0.15) is 0 Å². The van der Waals surface area contributed by atoms with Crippen LogP contribution in [-0.2, 0) is 4.74 Å². The molecule has 0 radical (unpaired) electrons. The number of rotatable bonds is 2. The summed E-state index contributed by atoms with van der Waals surface area (Å²) < 4.78 is 19.2. The number of halogens is 1. The van der Waals surface area contributed by atoms with Crippen molar-refractivity contribution in [1.82, 2.24) is 4.98 Å². The van der Waals surface area contributed by atoms with E-state index in [1.165, 1.54) is 6.07 Å². The van der Waals surface area contributed by atoms with Gasteiger partial charge in [-0.1, -0.05) is 25.6 Å². The number of nitrogens with two attached hydrogens (primary N) is 1. The van der Waals surface area contributed by atoms with Crippen molar-refractivity contribution in [2.24, 2.45) is 0 Å². The van der Waals surface area contributed by atoms with E-state index >= 15 is 0 Å². The Hall–Kier alpha value is -2.36. The van der Waals surface area contributed by atoms with Crippen molar-refractivity contribution in [2.75, 3.05) is 36.9 Å². The minimum atomic E-state index is -1.52. The second-order valence-electron chi connectivity index (χ2n) is 7.88. The van der Waals surface area contributed by atoms with Crippen LogP contribution in [0.5, 0.6) is 0 Å². The lowest BCUT2D eigenvalue weighted by molar-refractivity contribution is 0.122. The number of pyridine rings is 1. The zero-order valence-electron chi connectivity index (χ0n) is 16.4. The summed E-state index contributed by atoms with van der Waals surface area (Å²) in [6, 6.07) is 5.24. The highest BCUT2D eigenvalue weighted by Gasteiger charge is 2.18. The number of nitrogens with zero attached hydrogens (tertiary/aromatic N) is 2. The van der Waals surface area contributed by atoms with Crippen molar-refractivity contribution in [2.45, 2.75) is 26.6 Å². The standard InChI is InChI=1S/C21H26FN3OSi/c1-15-11-18(22)19(23)13-17(15)16-12-21(25-6-8-26-9-7-25)20(24-14-16)5-10-27(2,3)4/h11-14H,6-9,23H2,1-4H3. The van der Waals surface area contributed by atoms with Crippen LogP contribution < -0.4 is 10.6 Å². The summed E-state index contributed by atoms with van der Waals surface area (Å²) in [4.78, 5) is 6.92. The van der Waals surface area contributed by atoms with Gasteiger partial charge < -0.3 is 15.4 Å². The molecule has 0 aliphatic carbocycles. The third-order valence-corrected chi connectivity index (χ3v) is 5.30. The molecule has 0 unspecified atom stereocenters. The van der Waals surface area contributed by atoms with E-state index in [1.807, 2.05) is 6.92 Å². The van der Waals surface area contributed by atoms with Crippen molar-refractivity contribution in [1.29, 1.82) is 0 Å². The highest BCUT2D eigenvalue weighted by atomic mass is 28.3. The molecule has 1 aromatic carbocycles. The molecule has 1 aliphatic rings. The van der Waals surface area contributed by atoms with E-state index < -0.39 is 13.9 Å². The Kier molecular flexibility index (Phi) is 5.54. The van der Waals surface area contributed by atoms with Crippen molar-refractivity contribution in [3.05, 3.63) is 41.5 Å². The summed E-state index contributed by atoms with van der Waals surface area (Å²) in [6.07, 6.45) is 1.80. The SMILES string of the molecule is Cc1cc(F)c(N)cc1-c1cnc(C#C[Si](C)(C)C)c(N2CCOCC2)c1. The molecule has 1 saturated heterocycles. The van der Waals surface area contributed by atoms with Crippen LogP contribution in [0.25, 0.3) is 11.1 Å². The summed E-state index contributed by atoms with van der Waals surface area (Å²) >= 11 is 0. The predicted molar refractivity (Wildman–Crippen MR) is 112 cm³/mol. The maximum atomic E-state index is 13.7. The third kappa shape index (κ3) is 4.68. The van der Waals surface area contributed by atoms with Crippen LogP contribution in [0.15, 0.2) is 24.4 Å². The van der Waals surface area contributed by atoms with E-state index in [9.17, 15) is 4.39 Å². The van der Waals surface area contributed by atoms with Crippen LogP contribution in [0.2, 0.25) is 19.6 Å². The summed E-state index contributed by atoms with van der Waals surface area (Å²) in [5, 5.41) is 0. The average molecular weight is 384 g/mol. The van der Waals surface area contributed by atoms with E-state index in [0.717, 1.165) is 41.2 Å². The first-order valence-corrected chi connectivity index (χ1v) is 12.7. The van der Waals surface area contributed by atoms with Gasteiger partial charge in [0.15, 0.2) is 0 Å². The minimum absolute atomic E-state index is 0.145. The maximum Gasteiger partial charge on any atom is 0.146 e. The lowest BCUT2D eigenvalue weighted by Crippen LogP contribution is -2.36. The van der Waals surface area contributed by atoms with E-state index in [4.69, 9.17) is 10.5 Å². The number of ether oxygens (including phenoxy) is 1. The van der Waals surface area contributed by atoms with Gasteiger partial charge in [-0.3, -0.25) is 0 Å².